The molecule has 2 unspecified atom stereocenters. The molecule has 1 saturated carbocycles. The van der Waals surface area contributed by atoms with Crippen LogP contribution in [0.1, 0.15) is 42.5 Å². The van der Waals surface area contributed by atoms with Gasteiger partial charge in [-0.2, -0.15) is 0 Å². The second kappa shape index (κ2) is 10.1. The molecule has 9 heteroatoms. The van der Waals surface area contributed by atoms with Crippen LogP contribution in [0.3, 0.4) is 0 Å². The number of halogens is 1. The molecule has 2 atom stereocenters. The van der Waals surface area contributed by atoms with Crippen LogP contribution in [-0.4, -0.2) is 75.8 Å². The number of ether oxygens (including phenoxy) is 4. The van der Waals surface area contributed by atoms with Crippen molar-refractivity contribution in [2.24, 2.45) is 5.92 Å². The van der Waals surface area contributed by atoms with Gasteiger partial charge in [0, 0.05) is 45.7 Å². The molecule has 2 aliphatic heterocycles. The lowest BCUT2D eigenvalue weighted by atomic mass is 9.84. The third-order valence-corrected chi connectivity index (χ3v) is 7.35. The zero-order valence-corrected chi connectivity index (χ0v) is 19.7. The SMILES string of the molecule is COc1cc(N)c(Cl)cc1C(=O)NC1CCN(CC2CCC3(CC2)OCCO3)CC1OC. The van der Waals surface area contributed by atoms with Crippen molar-refractivity contribution in [3.05, 3.63) is 22.7 Å². The first-order valence-electron chi connectivity index (χ1n) is 11.4. The number of nitrogen functional groups attached to an aromatic ring is 1. The number of methoxy groups -OCH3 is 2. The summed E-state index contributed by atoms with van der Waals surface area (Å²) in [6.45, 7) is 4.18. The average molecular weight is 468 g/mol. The van der Waals surface area contributed by atoms with E-state index >= 15 is 0 Å². The number of carbonyl (C=O) groups is 1. The number of rotatable bonds is 6. The topological polar surface area (TPSA) is 95.3 Å². The summed E-state index contributed by atoms with van der Waals surface area (Å²) in [7, 11) is 3.21. The summed E-state index contributed by atoms with van der Waals surface area (Å²) < 4.78 is 22.8. The molecule has 1 amide bonds. The second-order valence-corrected chi connectivity index (χ2v) is 9.43. The fraction of sp³-hybridized carbons (Fsp3) is 0.696. The smallest absolute Gasteiger partial charge is 0.255 e. The van der Waals surface area contributed by atoms with Crippen LogP contribution in [0.2, 0.25) is 5.02 Å². The number of anilines is 1. The predicted molar refractivity (Wildman–Crippen MR) is 122 cm³/mol. The van der Waals surface area contributed by atoms with Gasteiger partial charge in [-0.3, -0.25) is 4.79 Å². The molecular weight excluding hydrogens is 434 g/mol. The van der Waals surface area contributed by atoms with E-state index in [2.05, 4.69) is 10.2 Å². The van der Waals surface area contributed by atoms with Crippen molar-refractivity contribution in [1.29, 1.82) is 0 Å². The van der Waals surface area contributed by atoms with Gasteiger partial charge in [0.15, 0.2) is 5.79 Å². The summed E-state index contributed by atoms with van der Waals surface area (Å²) in [6, 6.07) is 3.04. The number of carbonyl (C=O) groups excluding carboxylic acids is 1. The highest BCUT2D eigenvalue weighted by molar-refractivity contribution is 6.33. The maximum atomic E-state index is 13.0. The Morgan fingerprint density at radius 3 is 2.62 bits per heavy atom. The quantitative estimate of drug-likeness (QED) is 0.621. The number of likely N-dealkylation sites (tertiary alicyclic amines) is 1. The van der Waals surface area contributed by atoms with Crippen molar-refractivity contribution in [3.8, 4) is 5.75 Å². The predicted octanol–water partition coefficient (Wildman–Crippen LogP) is 2.68. The standard InChI is InChI=1S/C23H34ClN3O5/c1-29-20-12-18(25)17(24)11-16(20)22(28)26-19-5-8-27(14-21(19)30-2)13-15-3-6-23(7-4-15)31-9-10-32-23/h11-12,15,19,21H,3-10,13-14,25H2,1-2H3,(H,26,28). The van der Waals surface area contributed by atoms with Gasteiger partial charge in [-0.15, -0.1) is 0 Å². The Morgan fingerprint density at radius 2 is 1.97 bits per heavy atom. The van der Waals surface area contributed by atoms with Crippen molar-refractivity contribution in [2.75, 3.05) is 52.8 Å². The molecule has 3 aliphatic rings. The lowest BCUT2D eigenvalue weighted by molar-refractivity contribution is -0.183. The number of piperidine rings is 1. The minimum Gasteiger partial charge on any atom is -0.496 e. The van der Waals surface area contributed by atoms with E-state index in [4.69, 9.17) is 36.3 Å². The molecule has 8 nitrogen and oxygen atoms in total. The van der Waals surface area contributed by atoms with Crippen molar-refractivity contribution in [3.63, 3.8) is 0 Å². The second-order valence-electron chi connectivity index (χ2n) is 9.03. The van der Waals surface area contributed by atoms with Crippen LogP contribution in [0.15, 0.2) is 12.1 Å². The van der Waals surface area contributed by atoms with E-state index in [1.807, 2.05) is 0 Å². The number of hydrogen-bond acceptors (Lipinski definition) is 7. The van der Waals surface area contributed by atoms with Crippen molar-refractivity contribution in [1.82, 2.24) is 10.2 Å². The van der Waals surface area contributed by atoms with Gasteiger partial charge in [-0.25, -0.2) is 0 Å². The molecule has 1 aromatic carbocycles. The van der Waals surface area contributed by atoms with Gasteiger partial charge in [0.05, 0.1) is 48.7 Å². The minimum atomic E-state index is -0.311. The van der Waals surface area contributed by atoms with Gasteiger partial charge >= 0.3 is 0 Å². The van der Waals surface area contributed by atoms with Gasteiger partial charge < -0.3 is 34.9 Å². The van der Waals surface area contributed by atoms with Crippen LogP contribution in [0.25, 0.3) is 0 Å². The summed E-state index contributed by atoms with van der Waals surface area (Å²) in [5.41, 5.74) is 6.59. The molecule has 0 bridgehead atoms. The molecule has 1 spiro atoms. The highest BCUT2D eigenvalue weighted by Crippen LogP contribution is 2.38. The number of nitrogens with one attached hydrogen (secondary N) is 1. The van der Waals surface area contributed by atoms with Crippen molar-refractivity contribution >= 4 is 23.2 Å². The minimum absolute atomic E-state index is 0.0836. The Hall–Kier alpha value is -1.58. The molecule has 0 radical (unpaired) electrons. The van der Waals surface area contributed by atoms with Crippen LogP contribution in [0.4, 0.5) is 5.69 Å². The number of benzene rings is 1. The van der Waals surface area contributed by atoms with Crippen LogP contribution < -0.4 is 15.8 Å². The number of hydrogen-bond donors (Lipinski definition) is 2. The normalized spacial score (nSPS) is 26.3. The molecule has 2 saturated heterocycles. The number of nitrogens with zero attached hydrogens (tertiary/aromatic N) is 1. The van der Waals surface area contributed by atoms with E-state index in [1.54, 1.807) is 19.2 Å². The van der Waals surface area contributed by atoms with Crippen molar-refractivity contribution < 1.29 is 23.7 Å². The molecule has 1 aromatic rings. The molecule has 4 rings (SSSR count). The third kappa shape index (κ3) is 5.15. The zero-order valence-electron chi connectivity index (χ0n) is 18.9. The van der Waals surface area contributed by atoms with Gasteiger partial charge in [0.25, 0.3) is 5.91 Å². The fourth-order valence-electron chi connectivity index (χ4n) is 5.16. The largest absolute Gasteiger partial charge is 0.496 e. The molecule has 1 aliphatic carbocycles. The summed E-state index contributed by atoms with van der Waals surface area (Å²) in [6.07, 6.45) is 4.92. The average Bonchev–Trinajstić information content (AvgIpc) is 3.26. The Labute approximate surface area is 194 Å². The van der Waals surface area contributed by atoms with Crippen molar-refractivity contribution in [2.45, 2.75) is 50.0 Å². The van der Waals surface area contributed by atoms with Gasteiger partial charge in [0.2, 0.25) is 0 Å². The van der Waals surface area contributed by atoms with E-state index in [1.165, 1.54) is 7.11 Å². The maximum Gasteiger partial charge on any atom is 0.255 e. The van der Waals surface area contributed by atoms with E-state index in [9.17, 15) is 4.79 Å². The van der Waals surface area contributed by atoms with E-state index in [0.29, 0.717) is 41.2 Å². The number of nitrogens with two attached hydrogens (primary N) is 1. The summed E-state index contributed by atoms with van der Waals surface area (Å²) >= 11 is 6.13. The molecular formula is C23H34ClN3O5. The summed E-state index contributed by atoms with van der Waals surface area (Å²) in [5, 5.41) is 3.44. The van der Waals surface area contributed by atoms with Crippen LogP contribution in [0.5, 0.6) is 5.75 Å². The van der Waals surface area contributed by atoms with Gasteiger partial charge in [-0.05, 0) is 31.2 Å². The lowest BCUT2D eigenvalue weighted by Crippen LogP contribution is -2.55. The lowest BCUT2D eigenvalue weighted by Gasteiger charge is -2.41. The Morgan fingerprint density at radius 1 is 1.25 bits per heavy atom. The molecule has 3 fully saturated rings. The fourth-order valence-corrected chi connectivity index (χ4v) is 5.33. The highest BCUT2D eigenvalue weighted by atomic mass is 35.5. The Balaban J connectivity index is 1.31. The first-order valence-corrected chi connectivity index (χ1v) is 11.8. The molecule has 178 valence electrons. The monoisotopic (exact) mass is 467 g/mol. The van der Waals surface area contributed by atoms with Crippen LogP contribution in [-0.2, 0) is 14.2 Å². The molecule has 2 heterocycles. The first kappa shape index (κ1) is 23.6. The zero-order chi connectivity index (χ0) is 22.7. The maximum absolute atomic E-state index is 13.0. The Kier molecular flexibility index (Phi) is 7.47. The Bertz CT molecular complexity index is 807. The molecule has 3 N–H and O–H groups in total. The van der Waals surface area contributed by atoms with Gasteiger partial charge in [0.1, 0.15) is 5.75 Å². The molecule has 0 aromatic heterocycles. The first-order chi connectivity index (χ1) is 15.4. The molecule has 32 heavy (non-hydrogen) atoms. The number of amides is 1. The van der Waals surface area contributed by atoms with E-state index < -0.39 is 0 Å². The third-order valence-electron chi connectivity index (χ3n) is 7.02. The summed E-state index contributed by atoms with van der Waals surface area (Å²) in [5.74, 6) is 0.493. The van der Waals surface area contributed by atoms with E-state index in [0.717, 1.165) is 51.7 Å². The van der Waals surface area contributed by atoms with Gasteiger partial charge in [-0.1, -0.05) is 11.6 Å². The van der Waals surface area contributed by atoms with Crippen LogP contribution in [0, 0.1) is 5.92 Å². The summed E-state index contributed by atoms with van der Waals surface area (Å²) in [4.78, 5) is 15.4. The van der Waals surface area contributed by atoms with Crippen LogP contribution >= 0.6 is 11.6 Å². The van der Waals surface area contributed by atoms with E-state index in [-0.39, 0.29) is 23.8 Å². The highest BCUT2D eigenvalue weighted by Gasteiger charge is 2.41.